The lowest BCUT2D eigenvalue weighted by Gasteiger charge is -2.19. The molecule has 0 aliphatic rings. The minimum Gasteiger partial charge on any atom is -0.491 e. The van der Waals surface area contributed by atoms with Crippen LogP contribution in [-0.2, 0) is 0 Å². The third-order valence-electron chi connectivity index (χ3n) is 3.35. The van der Waals surface area contributed by atoms with Gasteiger partial charge in [0.2, 0.25) is 0 Å². The summed E-state index contributed by atoms with van der Waals surface area (Å²) in [5, 5.41) is 13.3. The molecule has 0 aliphatic heterocycles. The van der Waals surface area contributed by atoms with Crippen molar-refractivity contribution in [1.82, 2.24) is 0 Å². The van der Waals surface area contributed by atoms with Crippen molar-refractivity contribution in [2.75, 3.05) is 24.2 Å². The molecule has 0 saturated heterocycles. The molecule has 0 amide bonds. The van der Waals surface area contributed by atoms with Crippen LogP contribution in [-0.4, -0.2) is 30.4 Å². The molecule has 8 heteroatoms. The largest absolute Gasteiger partial charge is 0.491 e. The van der Waals surface area contributed by atoms with Crippen molar-refractivity contribution in [3.8, 4) is 5.75 Å². The van der Waals surface area contributed by atoms with E-state index in [1.807, 2.05) is 54.6 Å². The molecule has 5 nitrogen and oxygen atoms in total. The number of halogens is 3. The number of benzene rings is 2. The van der Waals surface area contributed by atoms with E-state index in [1.165, 1.54) is 0 Å². The van der Waals surface area contributed by atoms with Gasteiger partial charge in [-0.2, -0.15) is 0 Å². The van der Waals surface area contributed by atoms with Crippen molar-refractivity contribution in [3.05, 3.63) is 54.6 Å². The highest BCUT2D eigenvalue weighted by molar-refractivity contribution is 5.86. The third kappa shape index (κ3) is 9.63. The van der Waals surface area contributed by atoms with Crippen molar-refractivity contribution in [2.45, 2.75) is 18.6 Å². The van der Waals surface area contributed by atoms with Gasteiger partial charge in [-0.3, -0.25) is 0 Å². The maximum Gasteiger partial charge on any atom is 0.119 e. The minimum absolute atomic E-state index is 0. The number of anilines is 2. The number of hydrogen-bond acceptors (Lipinski definition) is 5. The molecule has 0 saturated carbocycles. The van der Waals surface area contributed by atoms with Crippen molar-refractivity contribution < 1.29 is 9.84 Å². The Bertz CT molecular complexity index is 576. The van der Waals surface area contributed by atoms with Gasteiger partial charge in [0.1, 0.15) is 18.5 Å². The van der Waals surface area contributed by atoms with Crippen LogP contribution in [0.3, 0.4) is 0 Å². The normalized spacial score (nSPS) is 11.8. The fourth-order valence-electron chi connectivity index (χ4n) is 2.05. The number of hydrogen-bond donors (Lipinski definition) is 4. The number of aliphatic hydroxyl groups excluding tert-OH is 1. The highest BCUT2D eigenvalue weighted by Gasteiger charge is 2.15. The second-order valence-electron chi connectivity index (χ2n) is 5.20. The van der Waals surface area contributed by atoms with Crippen molar-refractivity contribution in [2.24, 2.45) is 5.73 Å². The maximum absolute atomic E-state index is 10.0. The lowest BCUT2D eigenvalue weighted by atomic mass is 10.1. The molecule has 0 aromatic heterocycles. The van der Waals surface area contributed by atoms with Crippen LogP contribution in [0.1, 0.15) is 6.42 Å². The first-order valence-corrected chi connectivity index (χ1v) is 7.36. The Balaban J connectivity index is 0. The van der Waals surface area contributed by atoms with Gasteiger partial charge in [-0.05, 0) is 36.8 Å². The molecule has 2 unspecified atom stereocenters. The van der Waals surface area contributed by atoms with Gasteiger partial charge in [-0.25, -0.2) is 0 Å². The molecule has 25 heavy (non-hydrogen) atoms. The summed E-state index contributed by atoms with van der Waals surface area (Å²) in [6, 6.07) is 16.6. The number of ether oxygens (including phenoxy) is 1. The highest BCUT2D eigenvalue weighted by Crippen LogP contribution is 2.12. The molecule has 0 bridgehead atoms. The lowest BCUT2D eigenvalue weighted by molar-refractivity contribution is 0.0836. The summed E-state index contributed by atoms with van der Waals surface area (Å²) >= 11 is 0. The van der Waals surface area contributed by atoms with Gasteiger partial charge in [0, 0.05) is 24.0 Å². The average molecular weight is 411 g/mol. The maximum atomic E-state index is 10.0. The second-order valence-corrected chi connectivity index (χ2v) is 5.20. The molecular weight excluding hydrogens is 385 g/mol. The molecule has 0 spiro atoms. The summed E-state index contributed by atoms with van der Waals surface area (Å²) in [5.74, 6) is 0.728. The van der Waals surface area contributed by atoms with Crippen LogP contribution in [0.5, 0.6) is 5.75 Å². The first-order valence-electron chi connectivity index (χ1n) is 7.36. The summed E-state index contributed by atoms with van der Waals surface area (Å²) in [4.78, 5) is 0. The van der Waals surface area contributed by atoms with E-state index < -0.39 is 6.10 Å². The summed E-state index contributed by atoms with van der Waals surface area (Å²) < 4.78 is 5.50. The standard InChI is InChI=1S/C17H23N3O2.3ClH/c18-13-5-4-6-14(11-13)20-10-9-16(19)17(21)12-22-15-7-2-1-3-8-15;;;/h1-8,11,16-17,20-21H,9-10,12,18-19H2;3*1H. The van der Waals surface area contributed by atoms with E-state index in [9.17, 15) is 5.11 Å². The molecular formula is C17H26Cl3N3O2. The highest BCUT2D eigenvalue weighted by atomic mass is 35.5. The summed E-state index contributed by atoms with van der Waals surface area (Å²) in [6.07, 6.45) is -0.0726. The lowest BCUT2D eigenvalue weighted by Crippen LogP contribution is -2.40. The smallest absolute Gasteiger partial charge is 0.119 e. The van der Waals surface area contributed by atoms with Crippen LogP contribution in [0.2, 0.25) is 0 Å². The van der Waals surface area contributed by atoms with Crippen LogP contribution >= 0.6 is 37.2 Å². The summed E-state index contributed by atoms with van der Waals surface area (Å²) in [6.45, 7) is 0.844. The predicted octanol–water partition coefficient (Wildman–Crippen LogP) is 3.10. The SMILES string of the molecule is Cl.Cl.Cl.Nc1cccc(NCCC(N)C(O)COc2ccccc2)c1. The Morgan fingerprint density at radius 2 is 1.68 bits per heavy atom. The topological polar surface area (TPSA) is 93.5 Å². The molecule has 0 aliphatic carbocycles. The third-order valence-corrected chi connectivity index (χ3v) is 3.35. The molecule has 2 atom stereocenters. The monoisotopic (exact) mass is 409 g/mol. The van der Waals surface area contributed by atoms with E-state index in [1.54, 1.807) is 0 Å². The Hall–Kier alpha value is -1.37. The van der Waals surface area contributed by atoms with E-state index in [2.05, 4.69) is 5.32 Å². The van der Waals surface area contributed by atoms with Crippen LogP contribution in [0, 0.1) is 0 Å². The predicted molar refractivity (Wildman–Crippen MR) is 112 cm³/mol. The van der Waals surface area contributed by atoms with E-state index in [0.29, 0.717) is 18.7 Å². The van der Waals surface area contributed by atoms with E-state index in [0.717, 1.165) is 11.4 Å². The molecule has 0 radical (unpaired) electrons. The Kier molecular flexibility index (Phi) is 14.3. The average Bonchev–Trinajstić information content (AvgIpc) is 2.53. The number of aliphatic hydroxyl groups is 1. The fourth-order valence-corrected chi connectivity index (χ4v) is 2.05. The van der Waals surface area contributed by atoms with Gasteiger partial charge in [0.15, 0.2) is 0 Å². The van der Waals surface area contributed by atoms with Gasteiger partial charge < -0.3 is 26.6 Å². The Morgan fingerprint density at radius 3 is 2.32 bits per heavy atom. The zero-order chi connectivity index (χ0) is 15.8. The van der Waals surface area contributed by atoms with Crippen molar-refractivity contribution in [1.29, 1.82) is 0 Å². The number of nitrogens with one attached hydrogen (secondary N) is 1. The molecule has 2 aromatic carbocycles. The number of nitrogens with two attached hydrogens (primary N) is 2. The molecule has 6 N–H and O–H groups in total. The quantitative estimate of drug-likeness (QED) is 0.502. The minimum atomic E-state index is -0.706. The van der Waals surface area contributed by atoms with E-state index in [4.69, 9.17) is 16.2 Å². The van der Waals surface area contributed by atoms with Gasteiger partial charge in [-0.1, -0.05) is 24.3 Å². The van der Waals surface area contributed by atoms with E-state index in [-0.39, 0.29) is 49.9 Å². The molecule has 0 heterocycles. The van der Waals surface area contributed by atoms with E-state index >= 15 is 0 Å². The van der Waals surface area contributed by atoms with Crippen LogP contribution in [0.4, 0.5) is 11.4 Å². The van der Waals surface area contributed by atoms with Gasteiger partial charge in [0.25, 0.3) is 0 Å². The summed E-state index contributed by atoms with van der Waals surface area (Å²) in [7, 11) is 0. The second kappa shape index (κ2) is 13.9. The van der Waals surface area contributed by atoms with Gasteiger partial charge >= 0.3 is 0 Å². The van der Waals surface area contributed by atoms with Crippen molar-refractivity contribution in [3.63, 3.8) is 0 Å². The number of rotatable bonds is 8. The van der Waals surface area contributed by atoms with Crippen LogP contribution < -0.4 is 21.5 Å². The molecule has 2 aromatic rings. The zero-order valence-corrected chi connectivity index (χ0v) is 16.2. The van der Waals surface area contributed by atoms with Crippen LogP contribution in [0.25, 0.3) is 0 Å². The fraction of sp³-hybridized carbons (Fsp3) is 0.294. The van der Waals surface area contributed by atoms with Gasteiger partial charge in [-0.15, -0.1) is 37.2 Å². The first-order chi connectivity index (χ1) is 10.6. The number of nitrogen functional groups attached to an aromatic ring is 1. The molecule has 142 valence electrons. The number of para-hydroxylation sites is 1. The first kappa shape index (κ1) is 25.9. The Morgan fingerprint density at radius 1 is 1.00 bits per heavy atom. The zero-order valence-electron chi connectivity index (χ0n) is 13.7. The summed E-state index contributed by atoms with van der Waals surface area (Å²) in [5.41, 5.74) is 13.4. The van der Waals surface area contributed by atoms with Crippen molar-refractivity contribution >= 4 is 48.6 Å². The van der Waals surface area contributed by atoms with Gasteiger partial charge in [0.05, 0.1) is 0 Å². The molecule has 2 rings (SSSR count). The molecule has 0 fully saturated rings. The van der Waals surface area contributed by atoms with Crippen LogP contribution in [0.15, 0.2) is 54.6 Å². The Labute approximate surface area is 167 Å².